The number of hydrogen-bond donors (Lipinski definition) is 1. The normalized spacial score (nSPS) is 21.8. The van der Waals surface area contributed by atoms with Crippen LogP contribution >= 0.6 is 11.8 Å². The molecule has 0 amide bonds. The smallest absolute Gasteiger partial charge is 0.256 e. The van der Waals surface area contributed by atoms with Crippen LogP contribution in [0.5, 0.6) is 0 Å². The van der Waals surface area contributed by atoms with Gasteiger partial charge in [0.1, 0.15) is 6.10 Å². The van der Waals surface area contributed by atoms with Crippen molar-refractivity contribution in [2.24, 2.45) is 5.73 Å². The summed E-state index contributed by atoms with van der Waals surface area (Å²) in [7, 11) is 0. The zero-order valence-electron chi connectivity index (χ0n) is 12.0. The van der Waals surface area contributed by atoms with Crippen molar-refractivity contribution in [3.63, 3.8) is 0 Å². The van der Waals surface area contributed by atoms with Gasteiger partial charge in [-0.05, 0) is 42.9 Å². The molecule has 1 aromatic carbocycles. The molecular formula is C15H19N3O2S. The van der Waals surface area contributed by atoms with E-state index in [4.69, 9.17) is 15.0 Å². The van der Waals surface area contributed by atoms with E-state index in [-0.39, 0.29) is 12.2 Å². The monoisotopic (exact) mass is 305 g/mol. The zero-order chi connectivity index (χ0) is 14.7. The van der Waals surface area contributed by atoms with E-state index < -0.39 is 0 Å². The van der Waals surface area contributed by atoms with Gasteiger partial charge >= 0.3 is 0 Å². The lowest BCUT2D eigenvalue weighted by Crippen LogP contribution is -2.18. The van der Waals surface area contributed by atoms with Gasteiger partial charge in [-0.25, -0.2) is 0 Å². The van der Waals surface area contributed by atoms with E-state index in [1.54, 1.807) is 0 Å². The molecule has 1 fully saturated rings. The Hall–Kier alpha value is -1.37. The van der Waals surface area contributed by atoms with Gasteiger partial charge < -0.3 is 15.0 Å². The lowest BCUT2D eigenvalue weighted by molar-refractivity contribution is 0.0307. The first-order chi connectivity index (χ1) is 10.3. The summed E-state index contributed by atoms with van der Waals surface area (Å²) in [4.78, 5) is 5.70. The second-order valence-corrected chi connectivity index (χ2v) is 6.31. The number of nitrogens with zero attached hydrogens (tertiary/aromatic N) is 2. The lowest BCUT2D eigenvalue weighted by Gasteiger charge is -2.07. The Labute approximate surface area is 128 Å². The number of thioether (sulfide) groups is 1. The number of ether oxygens (including phenoxy) is 1. The van der Waals surface area contributed by atoms with E-state index in [0.717, 1.165) is 24.2 Å². The Morgan fingerprint density at radius 2 is 2.10 bits per heavy atom. The Balaban J connectivity index is 1.72. The summed E-state index contributed by atoms with van der Waals surface area (Å²) in [6, 6.07) is 8.20. The molecule has 0 radical (unpaired) electrons. The van der Waals surface area contributed by atoms with Crippen molar-refractivity contribution in [1.82, 2.24) is 10.1 Å². The number of nitrogens with two attached hydrogens (primary N) is 1. The first-order valence-corrected chi connectivity index (χ1v) is 8.21. The summed E-state index contributed by atoms with van der Waals surface area (Å²) in [5, 5.41) is 4.05. The first-order valence-electron chi connectivity index (χ1n) is 7.22. The number of benzene rings is 1. The van der Waals surface area contributed by atoms with Crippen molar-refractivity contribution in [3.8, 4) is 11.4 Å². The highest BCUT2D eigenvalue weighted by molar-refractivity contribution is 7.99. The molecule has 2 atom stereocenters. The topological polar surface area (TPSA) is 74.2 Å². The van der Waals surface area contributed by atoms with Gasteiger partial charge in [-0.15, -0.1) is 11.8 Å². The summed E-state index contributed by atoms with van der Waals surface area (Å²) in [6.07, 6.45) is 1.82. The van der Waals surface area contributed by atoms with Gasteiger partial charge in [0, 0.05) is 17.0 Å². The van der Waals surface area contributed by atoms with Gasteiger partial charge in [-0.1, -0.05) is 12.1 Å². The molecular weight excluding hydrogens is 286 g/mol. The molecule has 0 saturated carbocycles. The second kappa shape index (κ2) is 6.60. The van der Waals surface area contributed by atoms with Crippen LogP contribution in [0, 0.1) is 0 Å². The second-order valence-electron chi connectivity index (χ2n) is 4.97. The molecule has 0 bridgehead atoms. The maximum atomic E-state index is 5.77. The molecule has 21 heavy (non-hydrogen) atoms. The Morgan fingerprint density at radius 1 is 1.29 bits per heavy atom. The zero-order valence-corrected chi connectivity index (χ0v) is 12.8. The minimum atomic E-state index is -0.116. The maximum Gasteiger partial charge on any atom is 0.256 e. The van der Waals surface area contributed by atoms with E-state index in [2.05, 4.69) is 29.2 Å². The summed E-state index contributed by atoms with van der Waals surface area (Å²) >= 11 is 1.81. The average Bonchev–Trinajstić information content (AvgIpc) is 3.17. The van der Waals surface area contributed by atoms with Crippen LogP contribution in [-0.4, -0.2) is 28.5 Å². The predicted molar refractivity (Wildman–Crippen MR) is 82.0 cm³/mol. The molecule has 2 heterocycles. The van der Waals surface area contributed by atoms with Crippen molar-refractivity contribution < 1.29 is 9.26 Å². The molecule has 6 heteroatoms. The molecule has 5 nitrogen and oxygen atoms in total. The van der Waals surface area contributed by atoms with E-state index in [9.17, 15) is 0 Å². The summed E-state index contributed by atoms with van der Waals surface area (Å²) in [5.74, 6) is 2.22. The van der Waals surface area contributed by atoms with Crippen LogP contribution in [0.1, 0.15) is 31.8 Å². The largest absolute Gasteiger partial charge is 0.364 e. The van der Waals surface area contributed by atoms with E-state index in [0.29, 0.717) is 18.3 Å². The average molecular weight is 305 g/mol. The first kappa shape index (κ1) is 14.6. The van der Waals surface area contributed by atoms with E-state index in [1.165, 1.54) is 4.90 Å². The van der Waals surface area contributed by atoms with Crippen LogP contribution in [0.4, 0.5) is 0 Å². The lowest BCUT2D eigenvalue weighted by atomic mass is 10.2. The highest BCUT2D eigenvalue weighted by Gasteiger charge is 2.29. The third kappa shape index (κ3) is 3.28. The maximum absolute atomic E-state index is 5.77. The van der Waals surface area contributed by atoms with Crippen LogP contribution in [0.3, 0.4) is 0 Å². The summed E-state index contributed by atoms with van der Waals surface area (Å²) in [5.41, 5.74) is 6.57. The van der Waals surface area contributed by atoms with Crippen LogP contribution in [0.15, 0.2) is 33.7 Å². The van der Waals surface area contributed by atoms with Crippen molar-refractivity contribution in [2.45, 2.75) is 36.9 Å². The number of aromatic nitrogens is 2. The van der Waals surface area contributed by atoms with Crippen molar-refractivity contribution >= 4 is 11.8 Å². The van der Waals surface area contributed by atoms with Gasteiger partial charge in [0.15, 0.2) is 0 Å². The van der Waals surface area contributed by atoms with Crippen LogP contribution in [0.2, 0.25) is 0 Å². The summed E-state index contributed by atoms with van der Waals surface area (Å²) < 4.78 is 11.1. The van der Waals surface area contributed by atoms with Crippen LogP contribution in [-0.2, 0) is 4.74 Å². The van der Waals surface area contributed by atoms with Crippen LogP contribution in [0.25, 0.3) is 11.4 Å². The SMILES string of the molecule is CCSc1ccc(-c2noc(C3CCC(CN)O3)n2)cc1. The van der Waals surface area contributed by atoms with Crippen molar-refractivity contribution in [2.75, 3.05) is 12.3 Å². The molecule has 1 saturated heterocycles. The van der Waals surface area contributed by atoms with Gasteiger partial charge in [-0.3, -0.25) is 0 Å². The van der Waals surface area contributed by atoms with E-state index in [1.807, 2.05) is 23.9 Å². The highest BCUT2D eigenvalue weighted by atomic mass is 32.2. The van der Waals surface area contributed by atoms with Gasteiger partial charge in [-0.2, -0.15) is 4.98 Å². The molecule has 1 aromatic heterocycles. The summed E-state index contributed by atoms with van der Waals surface area (Å²) in [6.45, 7) is 2.67. The van der Waals surface area contributed by atoms with Crippen molar-refractivity contribution in [3.05, 3.63) is 30.2 Å². The highest BCUT2D eigenvalue weighted by Crippen LogP contribution is 2.32. The molecule has 3 rings (SSSR count). The molecule has 1 aliphatic heterocycles. The molecule has 112 valence electrons. The molecule has 2 N–H and O–H groups in total. The molecule has 0 aliphatic carbocycles. The Bertz CT molecular complexity index is 585. The Morgan fingerprint density at radius 3 is 2.76 bits per heavy atom. The Kier molecular flexibility index (Phi) is 4.57. The van der Waals surface area contributed by atoms with Gasteiger partial charge in [0.25, 0.3) is 5.89 Å². The third-order valence-corrected chi connectivity index (χ3v) is 4.41. The fourth-order valence-electron chi connectivity index (χ4n) is 2.41. The number of hydrogen-bond acceptors (Lipinski definition) is 6. The van der Waals surface area contributed by atoms with Crippen LogP contribution < -0.4 is 5.73 Å². The molecule has 2 unspecified atom stereocenters. The molecule has 0 spiro atoms. The predicted octanol–water partition coefficient (Wildman–Crippen LogP) is 3.03. The third-order valence-electron chi connectivity index (χ3n) is 3.51. The molecule has 1 aliphatic rings. The standard InChI is InChI=1S/C15H19N3O2S/c1-2-21-12-6-3-10(4-7-12)14-17-15(20-18-14)13-8-5-11(9-16)19-13/h3-4,6-7,11,13H,2,5,8-9,16H2,1H3. The van der Waals surface area contributed by atoms with Gasteiger partial charge in [0.05, 0.1) is 6.10 Å². The fourth-order valence-corrected chi connectivity index (χ4v) is 3.07. The van der Waals surface area contributed by atoms with Crippen molar-refractivity contribution in [1.29, 1.82) is 0 Å². The minimum absolute atomic E-state index is 0.107. The quantitative estimate of drug-likeness (QED) is 0.856. The number of rotatable bonds is 5. The molecule has 2 aromatic rings. The van der Waals surface area contributed by atoms with Gasteiger partial charge in [0.2, 0.25) is 5.82 Å². The fraction of sp³-hybridized carbons (Fsp3) is 0.467. The van der Waals surface area contributed by atoms with E-state index >= 15 is 0 Å². The minimum Gasteiger partial charge on any atom is -0.364 e.